The van der Waals surface area contributed by atoms with Gasteiger partial charge in [0.2, 0.25) is 0 Å². The third kappa shape index (κ3) is 4.35. The average Bonchev–Trinajstić information content (AvgIpc) is 3.25. The summed E-state index contributed by atoms with van der Waals surface area (Å²) < 4.78 is 22.6. The molecule has 0 spiro atoms. The van der Waals surface area contributed by atoms with Gasteiger partial charge in [-0.25, -0.2) is 19.8 Å². The quantitative estimate of drug-likeness (QED) is 0.237. The fourth-order valence-electron chi connectivity index (χ4n) is 3.08. The van der Waals surface area contributed by atoms with E-state index in [1.807, 2.05) is 30.3 Å². The zero-order chi connectivity index (χ0) is 21.3. The number of nitrogens with one attached hydrogen (secondary N) is 1. The minimum atomic E-state index is -3.85. The molecule has 12 nitrogen and oxygen atoms in total. The molecule has 0 bridgehead atoms. The second-order valence-electron chi connectivity index (χ2n) is 6.75. The lowest BCUT2D eigenvalue weighted by atomic mass is 10.1. The molecular formula is C17H20N5O7P. The van der Waals surface area contributed by atoms with E-state index in [-0.39, 0.29) is 6.61 Å². The smallest absolute Gasteiger partial charge is 0.352 e. The van der Waals surface area contributed by atoms with Crippen LogP contribution in [0.1, 0.15) is 6.23 Å². The molecule has 1 fully saturated rings. The number of nitrogens with zero attached hydrogens (tertiary/aromatic N) is 4. The highest BCUT2D eigenvalue weighted by Crippen LogP contribution is 2.38. The standard InChI is InChI=1S/C17H20N5O7P/c1-30(25,26)29-27-7-11-13(23)14(24)17(28-11)22-9-20-12-15(18-8-19-16(12)22)21-10-5-3-2-4-6-10/h2-6,8-9,11,13-14,17,23-24H,7H2,1H3,(H,25,26)(H,18,19,21)/t11-,13-,14-,17-/m1/s1. The molecule has 13 heteroatoms. The summed E-state index contributed by atoms with van der Waals surface area (Å²) in [6.07, 6.45) is -1.89. The molecule has 1 aliphatic heterocycles. The van der Waals surface area contributed by atoms with E-state index in [1.165, 1.54) is 17.2 Å². The van der Waals surface area contributed by atoms with E-state index in [4.69, 9.17) is 9.63 Å². The van der Waals surface area contributed by atoms with Crippen molar-refractivity contribution in [3.8, 4) is 0 Å². The molecule has 2 aromatic heterocycles. The van der Waals surface area contributed by atoms with Gasteiger partial charge in [-0.05, 0) is 12.1 Å². The minimum absolute atomic E-state index is 0.366. The molecule has 1 aliphatic rings. The summed E-state index contributed by atoms with van der Waals surface area (Å²) in [6, 6.07) is 9.40. The number of hydrogen-bond acceptors (Lipinski definition) is 10. The molecule has 0 amide bonds. The van der Waals surface area contributed by atoms with Crippen molar-refractivity contribution in [2.45, 2.75) is 24.5 Å². The molecule has 4 rings (SSSR count). The maximum Gasteiger partial charge on any atom is 0.352 e. The number of imidazole rings is 1. The first-order valence-electron chi connectivity index (χ1n) is 8.96. The highest BCUT2D eigenvalue weighted by Gasteiger charge is 2.44. The molecule has 4 N–H and O–H groups in total. The van der Waals surface area contributed by atoms with E-state index in [1.54, 1.807) is 0 Å². The second kappa shape index (κ2) is 8.36. The number of hydrogen-bond donors (Lipinski definition) is 4. The molecule has 0 radical (unpaired) electrons. The average molecular weight is 437 g/mol. The van der Waals surface area contributed by atoms with Crippen molar-refractivity contribution >= 4 is 30.3 Å². The van der Waals surface area contributed by atoms with E-state index in [2.05, 4.69) is 29.8 Å². The maximum absolute atomic E-state index is 11.1. The third-order valence-electron chi connectivity index (χ3n) is 4.43. The zero-order valence-corrected chi connectivity index (χ0v) is 16.7. The number of ether oxygens (including phenoxy) is 1. The number of benzene rings is 1. The molecule has 5 atom stereocenters. The van der Waals surface area contributed by atoms with E-state index in [0.29, 0.717) is 17.0 Å². The molecular weight excluding hydrogens is 417 g/mol. The first-order chi connectivity index (χ1) is 14.3. The van der Waals surface area contributed by atoms with Crippen LogP contribution in [0.3, 0.4) is 0 Å². The molecule has 0 saturated carbocycles. The maximum atomic E-state index is 11.1. The second-order valence-corrected chi connectivity index (χ2v) is 8.50. The van der Waals surface area contributed by atoms with Crippen molar-refractivity contribution in [1.29, 1.82) is 0 Å². The number of para-hydroxylation sites is 1. The number of aliphatic hydroxyl groups excluding tert-OH is 2. The Hall–Kier alpha value is -2.44. The first kappa shape index (κ1) is 20.8. The molecule has 3 heterocycles. The van der Waals surface area contributed by atoms with Gasteiger partial charge in [0.15, 0.2) is 23.2 Å². The van der Waals surface area contributed by atoms with E-state index in [0.717, 1.165) is 12.4 Å². The van der Waals surface area contributed by atoms with Gasteiger partial charge >= 0.3 is 7.60 Å². The molecule has 1 saturated heterocycles. The van der Waals surface area contributed by atoms with Crippen LogP contribution in [-0.4, -0.2) is 66.2 Å². The SMILES string of the molecule is CP(=O)(O)OOC[C@H]1O[C@@H](n2cnc3c(Nc4ccccc4)ncnc32)[C@H](O)[C@@H]1O. The Morgan fingerprint density at radius 3 is 2.70 bits per heavy atom. The van der Waals surface area contributed by atoms with Crippen molar-refractivity contribution in [3.05, 3.63) is 43.0 Å². The van der Waals surface area contributed by atoms with Crippen LogP contribution in [0, 0.1) is 0 Å². The summed E-state index contributed by atoms with van der Waals surface area (Å²) in [5.41, 5.74) is 1.64. The number of fused-ring (bicyclic) bond motifs is 1. The van der Waals surface area contributed by atoms with Crippen LogP contribution in [0.4, 0.5) is 11.5 Å². The van der Waals surface area contributed by atoms with Crippen molar-refractivity contribution in [2.75, 3.05) is 18.6 Å². The Bertz CT molecular complexity index is 1060. The molecule has 30 heavy (non-hydrogen) atoms. The number of anilines is 2. The fourth-order valence-corrected chi connectivity index (χ4v) is 3.34. The van der Waals surface area contributed by atoms with Crippen molar-refractivity contribution in [3.63, 3.8) is 0 Å². The van der Waals surface area contributed by atoms with Crippen LogP contribution in [0.25, 0.3) is 11.2 Å². The Balaban J connectivity index is 1.54. The summed E-state index contributed by atoms with van der Waals surface area (Å²) in [7, 11) is -3.85. The van der Waals surface area contributed by atoms with Gasteiger partial charge in [0.25, 0.3) is 0 Å². The monoisotopic (exact) mass is 437 g/mol. The number of aromatic nitrogens is 4. The van der Waals surface area contributed by atoms with Crippen molar-refractivity contribution in [2.24, 2.45) is 0 Å². The molecule has 0 aliphatic carbocycles. The highest BCUT2D eigenvalue weighted by atomic mass is 31.2. The topological polar surface area (TPSA) is 161 Å². The minimum Gasteiger partial charge on any atom is -0.387 e. The lowest BCUT2D eigenvalue weighted by Crippen LogP contribution is -2.33. The Morgan fingerprint density at radius 2 is 1.97 bits per heavy atom. The van der Waals surface area contributed by atoms with Gasteiger partial charge in [0.05, 0.1) is 6.33 Å². The summed E-state index contributed by atoms with van der Waals surface area (Å²) >= 11 is 0. The van der Waals surface area contributed by atoms with Crippen LogP contribution < -0.4 is 5.32 Å². The van der Waals surface area contributed by atoms with Crippen molar-refractivity contribution in [1.82, 2.24) is 19.5 Å². The van der Waals surface area contributed by atoms with Gasteiger partial charge in [0, 0.05) is 12.4 Å². The van der Waals surface area contributed by atoms with Crippen LogP contribution >= 0.6 is 7.60 Å². The fraction of sp³-hybridized carbons (Fsp3) is 0.353. The Kier molecular flexibility index (Phi) is 5.80. The summed E-state index contributed by atoms with van der Waals surface area (Å²) in [5, 5.41) is 23.9. The Labute approximate surface area is 170 Å². The van der Waals surface area contributed by atoms with Crippen LogP contribution in [0.5, 0.6) is 0 Å². The van der Waals surface area contributed by atoms with Crippen LogP contribution in [-0.2, 0) is 18.9 Å². The van der Waals surface area contributed by atoms with Gasteiger partial charge in [-0.2, -0.15) is 0 Å². The van der Waals surface area contributed by atoms with Gasteiger partial charge < -0.3 is 25.2 Å². The number of rotatable bonds is 7. The predicted octanol–water partition coefficient (Wildman–Crippen LogP) is 0.952. The third-order valence-corrected chi connectivity index (χ3v) is 4.81. The lowest BCUT2D eigenvalue weighted by Gasteiger charge is -2.16. The highest BCUT2D eigenvalue weighted by molar-refractivity contribution is 7.51. The van der Waals surface area contributed by atoms with Gasteiger partial charge in [0.1, 0.15) is 31.2 Å². The zero-order valence-electron chi connectivity index (χ0n) is 15.8. The van der Waals surface area contributed by atoms with E-state index in [9.17, 15) is 14.8 Å². The number of aliphatic hydroxyl groups is 2. The largest absolute Gasteiger partial charge is 0.387 e. The van der Waals surface area contributed by atoms with Crippen molar-refractivity contribution < 1.29 is 34.0 Å². The molecule has 3 aromatic rings. The summed E-state index contributed by atoms with van der Waals surface area (Å²) in [5.74, 6) is 0.466. The summed E-state index contributed by atoms with van der Waals surface area (Å²) in [4.78, 5) is 26.5. The molecule has 160 valence electrons. The first-order valence-corrected chi connectivity index (χ1v) is 11.0. The van der Waals surface area contributed by atoms with Crippen LogP contribution in [0.15, 0.2) is 43.0 Å². The molecule has 1 aromatic carbocycles. The lowest BCUT2D eigenvalue weighted by molar-refractivity contribution is -0.238. The van der Waals surface area contributed by atoms with Gasteiger partial charge in [-0.15, -0.1) is 4.67 Å². The van der Waals surface area contributed by atoms with Gasteiger partial charge in [-0.3, -0.25) is 9.13 Å². The Morgan fingerprint density at radius 1 is 1.20 bits per heavy atom. The van der Waals surface area contributed by atoms with E-state index < -0.39 is 32.1 Å². The normalized spacial score (nSPS) is 26.0. The van der Waals surface area contributed by atoms with E-state index >= 15 is 0 Å². The summed E-state index contributed by atoms with van der Waals surface area (Å²) in [6.45, 7) is 0.588. The predicted molar refractivity (Wildman–Crippen MR) is 104 cm³/mol. The van der Waals surface area contributed by atoms with Crippen LogP contribution in [0.2, 0.25) is 0 Å². The molecule has 1 unspecified atom stereocenters. The van der Waals surface area contributed by atoms with Gasteiger partial charge in [-0.1, -0.05) is 18.2 Å².